The van der Waals surface area contributed by atoms with Gasteiger partial charge in [-0.05, 0) is 52.1 Å². The quantitative estimate of drug-likeness (QED) is 0.203. The first-order valence-electron chi connectivity index (χ1n) is 16.8. The number of fused-ring (bicyclic) bond motifs is 6. The van der Waals surface area contributed by atoms with Crippen LogP contribution >= 0.6 is 0 Å². The fourth-order valence-electron chi connectivity index (χ4n) is 7.16. The Balaban J connectivity index is 1.08. The second-order valence-corrected chi connectivity index (χ2v) is 12.6. The Hall–Kier alpha value is -6.72. The van der Waals surface area contributed by atoms with Gasteiger partial charge in [0.15, 0.2) is 5.84 Å². The van der Waals surface area contributed by atoms with Crippen LogP contribution in [0.4, 0.5) is 0 Å². The van der Waals surface area contributed by atoms with E-state index in [4.69, 9.17) is 18.8 Å². The summed E-state index contributed by atoms with van der Waals surface area (Å²) in [6, 6.07) is 56.3. The Morgan fingerprint density at radius 1 is 0.420 bits per heavy atom. The second-order valence-electron chi connectivity index (χ2n) is 12.6. The molecule has 0 amide bonds. The van der Waals surface area contributed by atoms with E-state index in [-0.39, 0.29) is 6.17 Å². The maximum atomic E-state index is 6.24. The summed E-state index contributed by atoms with van der Waals surface area (Å²) in [6.45, 7) is 0. The molecule has 3 heterocycles. The first-order valence-corrected chi connectivity index (χ1v) is 16.8. The highest BCUT2D eigenvalue weighted by Crippen LogP contribution is 2.37. The van der Waals surface area contributed by atoms with E-state index in [1.807, 2.05) is 54.6 Å². The third-order valence-corrected chi connectivity index (χ3v) is 9.59. The van der Waals surface area contributed by atoms with Gasteiger partial charge in [0.1, 0.15) is 34.3 Å². The molecule has 7 aromatic carbocycles. The summed E-state index contributed by atoms with van der Waals surface area (Å²) in [5.41, 5.74) is 11.0. The van der Waals surface area contributed by atoms with Crippen LogP contribution in [0.25, 0.3) is 66.1 Å². The topological polar surface area (TPSA) is 63.0 Å². The van der Waals surface area contributed by atoms with E-state index in [1.54, 1.807) is 0 Å². The Bertz CT molecular complexity index is 2770. The van der Waals surface area contributed by atoms with Crippen molar-refractivity contribution < 1.29 is 8.83 Å². The molecule has 0 radical (unpaired) electrons. The SMILES string of the molecule is c1ccc(-c2ccc(C3N=C(c4cccc5oc6ccccc6c45)N=C(c4ccc(-c5cccc6oc7ccccc7c56)cc4)N3)cc2)cc1. The monoisotopic (exact) mass is 643 g/mol. The van der Waals surface area contributed by atoms with Crippen molar-refractivity contribution in [1.29, 1.82) is 0 Å². The molecule has 9 aromatic rings. The Morgan fingerprint density at radius 3 is 1.62 bits per heavy atom. The molecule has 1 aliphatic rings. The van der Waals surface area contributed by atoms with Crippen molar-refractivity contribution >= 4 is 55.5 Å². The van der Waals surface area contributed by atoms with Crippen LogP contribution in [-0.4, -0.2) is 11.7 Å². The van der Waals surface area contributed by atoms with Crippen molar-refractivity contribution in [3.05, 3.63) is 180 Å². The standard InChI is InChI=1S/C45H29N3O2/c1-2-10-28(11-3-1)29-20-24-31(25-21-29)43-46-44(48-45(47-43)36-15-9-19-40-42(36)35-13-5-7-17-38(35)50-40)32-26-22-30(23-27-32)33-14-8-18-39-41(33)34-12-4-6-16-37(34)49-39/h1-27,43H,(H,46,47,48). The lowest BCUT2D eigenvalue weighted by Crippen LogP contribution is -2.33. The average Bonchev–Trinajstić information content (AvgIpc) is 3.77. The van der Waals surface area contributed by atoms with E-state index in [2.05, 4.69) is 115 Å². The molecule has 236 valence electrons. The van der Waals surface area contributed by atoms with Crippen LogP contribution in [0, 0.1) is 0 Å². The van der Waals surface area contributed by atoms with Gasteiger partial charge < -0.3 is 14.2 Å². The second kappa shape index (κ2) is 11.5. The summed E-state index contributed by atoms with van der Waals surface area (Å²) in [7, 11) is 0. The summed E-state index contributed by atoms with van der Waals surface area (Å²) >= 11 is 0. The van der Waals surface area contributed by atoms with Crippen molar-refractivity contribution in [3.8, 4) is 22.3 Å². The molecule has 0 fully saturated rings. The molecule has 10 rings (SSSR count). The van der Waals surface area contributed by atoms with Crippen LogP contribution in [0.2, 0.25) is 0 Å². The van der Waals surface area contributed by atoms with Crippen LogP contribution in [0.5, 0.6) is 0 Å². The fraction of sp³-hybridized carbons (Fsp3) is 0.0222. The first kappa shape index (κ1) is 28.3. The molecule has 50 heavy (non-hydrogen) atoms. The van der Waals surface area contributed by atoms with Gasteiger partial charge in [-0.25, -0.2) is 9.98 Å². The highest BCUT2D eigenvalue weighted by Gasteiger charge is 2.24. The number of para-hydroxylation sites is 2. The molecule has 1 N–H and O–H groups in total. The normalized spacial score (nSPS) is 14.6. The van der Waals surface area contributed by atoms with E-state index < -0.39 is 0 Å². The summed E-state index contributed by atoms with van der Waals surface area (Å²) in [5.74, 6) is 1.42. The number of nitrogens with zero attached hydrogens (tertiary/aromatic N) is 2. The lowest BCUT2D eigenvalue weighted by Gasteiger charge is -2.24. The van der Waals surface area contributed by atoms with Crippen molar-refractivity contribution in [2.45, 2.75) is 6.17 Å². The van der Waals surface area contributed by atoms with E-state index in [0.717, 1.165) is 83.1 Å². The van der Waals surface area contributed by atoms with Gasteiger partial charge in [0, 0.05) is 32.7 Å². The zero-order valence-electron chi connectivity index (χ0n) is 26.9. The fourth-order valence-corrected chi connectivity index (χ4v) is 7.16. The lowest BCUT2D eigenvalue weighted by molar-refractivity contribution is 0.668. The van der Waals surface area contributed by atoms with Gasteiger partial charge >= 0.3 is 0 Å². The lowest BCUT2D eigenvalue weighted by atomic mass is 9.98. The number of furan rings is 2. The summed E-state index contributed by atoms with van der Waals surface area (Å²) in [5, 5.41) is 7.96. The van der Waals surface area contributed by atoms with Crippen LogP contribution in [-0.2, 0) is 0 Å². The predicted octanol–water partition coefficient (Wildman–Crippen LogP) is 11.3. The minimum atomic E-state index is -0.346. The third kappa shape index (κ3) is 4.71. The molecular formula is C45H29N3O2. The zero-order valence-corrected chi connectivity index (χ0v) is 26.9. The Kier molecular flexibility index (Phi) is 6.49. The van der Waals surface area contributed by atoms with Crippen molar-refractivity contribution in [2.75, 3.05) is 0 Å². The van der Waals surface area contributed by atoms with Gasteiger partial charge in [-0.2, -0.15) is 0 Å². The molecule has 1 aliphatic heterocycles. The molecule has 0 saturated heterocycles. The Labute approximate surface area is 287 Å². The molecule has 1 atom stereocenters. The van der Waals surface area contributed by atoms with Crippen LogP contribution in [0.3, 0.4) is 0 Å². The van der Waals surface area contributed by atoms with E-state index in [1.165, 1.54) is 5.56 Å². The number of hydrogen-bond acceptors (Lipinski definition) is 5. The maximum Gasteiger partial charge on any atom is 0.160 e. The molecule has 1 unspecified atom stereocenters. The zero-order chi connectivity index (χ0) is 33.0. The third-order valence-electron chi connectivity index (χ3n) is 9.59. The van der Waals surface area contributed by atoms with Crippen LogP contribution < -0.4 is 5.32 Å². The van der Waals surface area contributed by atoms with Gasteiger partial charge in [-0.15, -0.1) is 0 Å². The number of rotatable bonds is 5. The predicted molar refractivity (Wildman–Crippen MR) is 204 cm³/mol. The molecule has 0 saturated carbocycles. The van der Waals surface area contributed by atoms with E-state index in [9.17, 15) is 0 Å². The van der Waals surface area contributed by atoms with Crippen molar-refractivity contribution in [2.24, 2.45) is 9.98 Å². The number of nitrogens with one attached hydrogen (secondary N) is 1. The first-order chi connectivity index (χ1) is 24.8. The van der Waals surface area contributed by atoms with E-state index in [0.29, 0.717) is 5.84 Å². The van der Waals surface area contributed by atoms with Gasteiger partial charge in [-0.1, -0.05) is 140 Å². The molecule has 0 bridgehead atoms. The number of benzene rings is 7. The molecule has 2 aromatic heterocycles. The highest BCUT2D eigenvalue weighted by molar-refractivity contribution is 6.22. The maximum absolute atomic E-state index is 6.24. The van der Waals surface area contributed by atoms with Crippen LogP contribution in [0.1, 0.15) is 22.9 Å². The number of amidine groups is 2. The number of hydrogen-bond donors (Lipinski definition) is 1. The van der Waals surface area contributed by atoms with Crippen molar-refractivity contribution in [1.82, 2.24) is 5.32 Å². The minimum Gasteiger partial charge on any atom is -0.456 e. The molecular weight excluding hydrogens is 615 g/mol. The minimum absolute atomic E-state index is 0.346. The largest absolute Gasteiger partial charge is 0.456 e. The van der Waals surface area contributed by atoms with Crippen molar-refractivity contribution in [3.63, 3.8) is 0 Å². The molecule has 5 nitrogen and oxygen atoms in total. The van der Waals surface area contributed by atoms with Gasteiger partial charge in [0.05, 0.1) is 0 Å². The highest BCUT2D eigenvalue weighted by atomic mass is 16.3. The molecule has 0 spiro atoms. The van der Waals surface area contributed by atoms with Crippen LogP contribution in [0.15, 0.2) is 183 Å². The van der Waals surface area contributed by atoms with E-state index >= 15 is 0 Å². The van der Waals surface area contributed by atoms with Gasteiger partial charge in [-0.3, -0.25) is 0 Å². The van der Waals surface area contributed by atoms with Gasteiger partial charge in [0.2, 0.25) is 0 Å². The average molecular weight is 644 g/mol. The summed E-state index contributed by atoms with van der Waals surface area (Å²) in [6.07, 6.45) is -0.346. The summed E-state index contributed by atoms with van der Waals surface area (Å²) < 4.78 is 12.4. The smallest absolute Gasteiger partial charge is 0.160 e. The van der Waals surface area contributed by atoms with Gasteiger partial charge in [0.25, 0.3) is 0 Å². The Morgan fingerprint density at radius 2 is 0.940 bits per heavy atom. The molecule has 5 heteroatoms. The number of aliphatic imine (C=N–C) groups is 2. The summed E-state index contributed by atoms with van der Waals surface area (Å²) in [4.78, 5) is 10.4. The molecule has 0 aliphatic carbocycles.